The summed E-state index contributed by atoms with van der Waals surface area (Å²) in [4.78, 5) is 18.2. The van der Waals surface area contributed by atoms with E-state index in [4.69, 9.17) is 16.9 Å². The minimum Gasteiger partial charge on any atom is -0.342 e. The molecule has 0 aliphatic carbocycles. The van der Waals surface area contributed by atoms with Gasteiger partial charge in [0, 0.05) is 16.8 Å². The first-order chi connectivity index (χ1) is 14.2. The maximum atomic E-state index is 13.1. The van der Waals surface area contributed by atoms with Crippen molar-refractivity contribution in [1.82, 2.24) is 25.1 Å². The first-order valence-electron chi connectivity index (χ1n) is 8.30. The summed E-state index contributed by atoms with van der Waals surface area (Å²) in [6.07, 6.45) is 2.45. The lowest BCUT2D eigenvalue weighted by molar-refractivity contribution is 0.0937. The average molecular weight is 479 g/mol. The Labute approximate surface area is 177 Å². The number of hydrogen-bond acceptors (Lipinski definition) is 5. The van der Waals surface area contributed by atoms with Crippen molar-refractivity contribution in [2.24, 2.45) is 0 Å². The normalized spacial score (nSPS) is 14.8. The Morgan fingerprint density at radius 1 is 1.19 bits per heavy atom. The van der Waals surface area contributed by atoms with Crippen LogP contribution in [0.1, 0.15) is 34.7 Å². The van der Waals surface area contributed by atoms with E-state index in [-0.39, 0.29) is 23.8 Å². The lowest BCUT2D eigenvalue weighted by atomic mass is 10.2. The average Bonchev–Trinajstić information content (AvgIpc) is 3.15. The smallest absolute Gasteiger partial charge is 0.310 e. The third-order valence-electron chi connectivity index (χ3n) is 3.98. The number of hydrogen-bond donors (Lipinski definition) is 1. The van der Waals surface area contributed by atoms with E-state index in [1.54, 1.807) is 0 Å². The molecule has 3 aromatic rings. The van der Waals surface area contributed by atoms with Crippen LogP contribution in [0, 0.1) is 11.3 Å². The largest absolute Gasteiger partial charge is 0.342 e. The number of benzene rings is 1. The first-order valence-corrected chi connectivity index (χ1v) is 10.6. The summed E-state index contributed by atoms with van der Waals surface area (Å²) < 4.78 is 66.8. The van der Waals surface area contributed by atoms with Crippen LogP contribution in [0.2, 0.25) is 5.02 Å². The fourth-order valence-electron chi connectivity index (χ4n) is 2.56. The number of carbonyl (C=O) groups excluding carboxylic acids is 1. The Bertz CT molecular complexity index is 1210. The fourth-order valence-corrected chi connectivity index (χ4v) is 3.56. The highest BCUT2D eigenvalue weighted by molar-refractivity contribution is 8.45. The summed E-state index contributed by atoms with van der Waals surface area (Å²) in [6, 6.07) is 4.89. The molecule has 3 rings (SSSR count). The maximum Gasteiger partial charge on any atom is 0.310 e. The lowest BCUT2D eigenvalue weighted by Crippen LogP contribution is -2.29. The number of rotatable bonds is 5. The molecule has 0 unspecified atom stereocenters. The number of amides is 1. The Morgan fingerprint density at radius 2 is 1.90 bits per heavy atom. The Balaban J connectivity index is 1.88. The first kappa shape index (κ1) is 22.4. The summed E-state index contributed by atoms with van der Waals surface area (Å²) in [6.45, 7) is 1.46. The molecule has 0 aliphatic heterocycles. The van der Waals surface area contributed by atoms with Gasteiger partial charge >= 0.3 is 10.2 Å². The summed E-state index contributed by atoms with van der Waals surface area (Å²) in [5.74, 6) is -0.667. The van der Waals surface area contributed by atoms with Gasteiger partial charge < -0.3 is 5.32 Å². The molecular weight excluding hydrogens is 467 g/mol. The van der Waals surface area contributed by atoms with Crippen molar-refractivity contribution < 1.29 is 24.2 Å². The molecule has 1 atom stereocenters. The number of nitriles is 1. The minimum atomic E-state index is -10.0. The number of carbonyl (C=O) groups is 1. The van der Waals surface area contributed by atoms with Gasteiger partial charge in [-0.1, -0.05) is 31.0 Å². The monoisotopic (exact) mass is 478 g/mol. The maximum absolute atomic E-state index is 13.1. The van der Waals surface area contributed by atoms with Crippen molar-refractivity contribution in [3.63, 3.8) is 0 Å². The Kier molecular flexibility index (Phi) is 4.99. The van der Waals surface area contributed by atoms with Gasteiger partial charge in [-0.05, 0) is 37.3 Å². The summed E-state index contributed by atoms with van der Waals surface area (Å²) >= 11 is 5.54. The molecule has 14 heteroatoms. The molecule has 0 aliphatic rings. The van der Waals surface area contributed by atoms with E-state index >= 15 is 0 Å². The second kappa shape index (κ2) is 6.89. The molecule has 0 fully saturated rings. The zero-order valence-electron chi connectivity index (χ0n) is 15.4. The van der Waals surface area contributed by atoms with E-state index < -0.39 is 37.7 Å². The molecule has 2 aromatic heterocycles. The Hall–Kier alpha value is -3.24. The molecule has 164 valence electrons. The van der Waals surface area contributed by atoms with Crippen molar-refractivity contribution in [1.29, 1.82) is 5.26 Å². The van der Waals surface area contributed by atoms with E-state index in [9.17, 15) is 24.2 Å². The number of pyridine rings is 1. The molecule has 1 amide bonds. The Morgan fingerprint density at radius 3 is 2.48 bits per heavy atom. The van der Waals surface area contributed by atoms with Gasteiger partial charge in [-0.3, -0.25) is 4.79 Å². The van der Waals surface area contributed by atoms with Crippen molar-refractivity contribution in [3.05, 3.63) is 64.8 Å². The van der Waals surface area contributed by atoms with Crippen LogP contribution in [-0.4, -0.2) is 25.7 Å². The fraction of sp³-hybridized carbons (Fsp3) is 0.118. The van der Waals surface area contributed by atoms with E-state index in [1.807, 2.05) is 6.07 Å². The van der Waals surface area contributed by atoms with Gasteiger partial charge in [0.1, 0.15) is 17.3 Å². The standard InChI is InChI=1S/C17H12ClF5N6OS/c1-10(16-26-9-27-29(16)15-3-2-11(7-24)8-25-15)28-17(30)12-4-13(18)6-14(5-12)31(19,20,21,22)23/h2-6,8-10H,1H3,(H,28,30)/t10-/m0/s1. The quantitative estimate of drug-likeness (QED) is 0.499. The predicted molar refractivity (Wildman–Crippen MR) is 103 cm³/mol. The van der Waals surface area contributed by atoms with Crippen LogP contribution < -0.4 is 5.32 Å². The zero-order chi connectivity index (χ0) is 23.1. The SMILES string of the molecule is C[C@H](NC(=O)c1cc(Cl)cc(S(F)(F)(F)(F)F)c1)c1ncnn1-c1ccc(C#N)cn1. The second-order valence-corrected chi connectivity index (χ2v) is 9.23. The molecule has 0 bridgehead atoms. The molecule has 31 heavy (non-hydrogen) atoms. The van der Waals surface area contributed by atoms with E-state index in [2.05, 4.69) is 20.4 Å². The molecule has 1 aromatic carbocycles. The topological polar surface area (TPSA) is 96.5 Å². The van der Waals surface area contributed by atoms with Crippen LogP contribution in [0.15, 0.2) is 47.8 Å². The highest BCUT2D eigenvalue weighted by atomic mass is 35.5. The third-order valence-corrected chi connectivity index (χ3v) is 5.33. The molecular formula is C17H12ClF5N6OS. The van der Waals surface area contributed by atoms with E-state index in [0.717, 1.165) is 12.4 Å². The van der Waals surface area contributed by atoms with Crippen molar-refractivity contribution >= 4 is 27.7 Å². The van der Waals surface area contributed by atoms with Crippen molar-refractivity contribution in [2.45, 2.75) is 17.9 Å². The number of nitrogens with one attached hydrogen (secondary N) is 1. The van der Waals surface area contributed by atoms with Gasteiger partial charge in [0.25, 0.3) is 5.91 Å². The second-order valence-electron chi connectivity index (χ2n) is 6.39. The molecule has 2 heterocycles. The summed E-state index contributed by atoms with van der Waals surface area (Å²) in [7, 11) is -10.0. The summed E-state index contributed by atoms with van der Waals surface area (Å²) in [5.41, 5.74) is -0.405. The van der Waals surface area contributed by atoms with Gasteiger partial charge in [0.05, 0.1) is 11.6 Å². The highest BCUT2D eigenvalue weighted by Gasteiger charge is 2.65. The predicted octanol–water partition coefficient (Wildman–Crippen LogP) is 5.34. The van der Waals surface area contributed by atoms with Crippen molar-refractivity contribution in [2.75, 3.05) is 0 Å². The molecule has 1 N–H and O–H groups in total. The van der Waals surface area contributed by atoms with Gasteiger partial charge in [0.2, 0.25) is 0 Å². The van der Waals surface area contributed by atoms with Crippen LogP contribution >= 0.6 is 21.8 Å². The number of halogens is 6. The highest BCUT2D eigenvalue weighted by Crippen LogP contribution is 3.02. The van der Waals surface area contributed by atoms with Crippen LogP contribution in [0.3, 0.4) is 0 Å². The van der Waals surface area contributed by atoms with Gasteiger partial charge in [-0.15, -0.1) is 0 Å². The lowest BCUT2D eigenvalue weighted by Gasteiger charge is -2.40. The summed E-state index contributed by atoms with van der Waals surface area (Å²) in [5, 5.41) is 14.5. The van der Waals surface area contributed by atoms with Crippen LogP contribution in [0.25, 0.3) is 5.82 Å². The minimum absolute atomic E-state index is 0.0440. The van der Waals surface area contributed by atoms with Crippen LogP contribution in [0.5, 0.6) is 0 Å². The van der Waals surface area contributed by atoms with Gasteiger partial charge in [-0.2, -0.15) is 15.0 Å². The van der Waals surface area contributed by atoms with Crippen molar-refractivity contribution in [3.8, 4) is 11.9 Å². The number of aromatic nitrogens is 4. The van der Waals surface area contributed by atoms with Crippen LogP contribution in [0.4, 0.5) is 19.4 Å². The zero-order valence-corrected chi connectivity index (χ0v) is 17.0. The molecule has 0 radical (unpaired) electrons. The molecule has 0 spiro atoms. The molecule has 7 nitrogen and oxygen atoms in total. The van der Waals surface area contributed by atoms with Gasteiger partial charge in [-0.25, -0.2) is 9.97 Å². The van der Waals surface area contributed by atoms with E-state index in [1.165, 1.54) is 29.9 Å². The number of nitrogens with zero attached hydrogens (tertiary/aromatic N) is 5. The van der Waals surface area contributed by atoms with Gasteiger partial charge in [0.15, 0.2) is 11.6 Å². The molecule has 0 saturated carbocycles. The molecule has 0 saturated heterocycles. The van der Waals surface area contributed by atoms with E-state index in [0.29, 0.717) is 5.56 Å². The van der Waals surface area contributed by atoms with Crippen LogP contribution in [-0.2, 0) is 0 Å². The third kappa shape index (κ3) is 5.09.